The Labute approximate surface area is 127 Å². The summed E-state index contributed by atoms with van der Waals surface area (Å²) in [5.74, 6) is 0.601. The highest BCUT2D eigenvalue weighted by Gasteiger charge is 2.28. The van der Waals surface area contributed by atoms with E-state index in [0.29, 0.717) is 11.9 Å². The molecular weight excluding hydrogens is 264 g/mol. The van der Waals surface area contributed by atoms with Crippen molar-refractivity contribution in [1.29, 1.82) is 0 Å². The maximum atomic E-state index is 12.6. The highest BCUT2D eigenvalue weighted by molar-refractivity contribution is 5.39. The predicted molar refractivity (Wildman–Crippen MR) is 87.0 cm³/mol. The molecule has 1 aliphatic heterocycles. The van der Waals surface area contributed by atoms with Gasteiger partial charge in [0.2, 0.25) is 0 Å². The summed E-state index contributed by atoms with van der Waals surface area (Å²) in [5, 5.41) is 3.54. The van der Waals surface area contributed by atoms with E-state index >= 15 is 0 Å². The quantitative estimate of drug-likeness (QED) is 0.924. The molecule has 118 valence electrons. The summed E-state index contributed by atoms with van der Waals surface area (Å²) in [6.07, 6.45) is 5.74. The van der Waals surface area contributed by atoms with Crippen molar-refractivity contribution in [2.45, 2.75) is 65.1 Å². The number of anilines is 1. The van der Waals surface area contributed by atoms with Gasteiger partial charge in [0.15, 0.2) is 5.82 Å². The molecule has 5 nitrogen and oxygen atoms in total. The van der Waals surface area contributed by atoms with E-state index in [-0.39, 0.29) is 17.1 Å². The number of rotatable bonds is 4. The van der Waals surface area contributed by atoms with Crippen LogP contribution in [0.4, 0.5) is 5.82 Å². The van der Waals surface area contributed by atoms with Crippen LogP contribution in [0.1, 0.15) is 53.5 Å². The zero-order chi connectivity index (χ0) is 15.6. The molecule has 1 N–H and O–H groups in total. The molecule has 0 radical (unpaired) electrons. The number of hydrogen-bond donors (Lipinski definition) is 1. The smallest absolute Gasteiger partial charge is 0.293 e. The van der Waals surface area contributed by atoms with Gasteiger partial charge in [0, 0.05) is 43.1 Å². The Morgan fingerprint density at radius 1 is 1.43 bits per heavy atom. The van der Waals surface area contributed by atoms with Gasteiger partial charge in [0.1, 0.15) is 0 Å². The van der Waals surface area contributed by atoms with Gasteiger partial charge in [-0.2, -0.15) is 0 Å². The molecule has 21 heavy (non-hydrogen) atoms. The molecule has 1 aromatic rings. The van der Waals surface area contributed by atoms with Crippen LogP contribution < -0.4 is 15.8 Å². The molecule has 0 aromatic carbocycles. The molecule has 5 heteroatoms. The van der Waals surface area contributed by atoms with E-state index in [1.54, 1.807) is 17.0 Å². The van der Waals surface area contributed by atoms with Crippen molar-refractivity contribution in [2.24, 2.45) is 0 Å². The molecule has 1 fully saturated rings. The molecule has 0 saturated carbocycles. The van der Waals surface area contributed by atoms with Crippen molar-refractivity contribution in [2.75, 3.05) is 18.0 Å². The van der Waals surface area contributed by atoms with Crippen LogP contribution in [0.3, 0.4) is 0 Å². The fourth-order valence-electron chi connectivity index (χ4n) is 2.77. The van der Waals surface area contributed by atoms with E-state index in [0.717, 1.165) is 25.9 Å². The zero-order valence-corrected chi connectivity index (χ0v) is 13.9. The topological polar surface area (TPSA) is 50.2 Å². The van der Waals surface area contributed by atoms with Gasteiger partial charge in [-0.3, -0.25) is 4.79 Å². The lowest BCUT2D eigenvalue weighted by Gasteiger charge is -2.29. The third-order valence-electron chi connectivity index (χ3n) is 3.92. The standard InChI is InChI=1S/C16H28N4O/c1-12(2)19-10-8-17-14(15(19)21)20-9-6-7-13(20)11-18-16(3,4)5/h8,10,12-13,18H,6-7,9,11H2,1-5H3. The Bertz CT molecular complexity index is 530. The summed E-state index contributed by atoms with van der Waals surface area (Å²) in [7, 11) is 0. The summed E-state index contributed by atoms with van der Waals surface area (Å²) >= 11 is 0. The van der Waals surface area contributed by atoms with Crippen molar-refractivity contribution in [3.8, 4) is 0 Å². The first kappa shape index (κ1) is 16.0. The van der Waals surface area contributed by atoms with Crippen molar-refractivity contribution in [3.05, 3.63) is 22.7 Å². The lowest BCUT2D eigenvalue weighted by Crippen LogP contribution is -2.47. The Kier molecular flexibility index (Phi) is 4.71. The average molecular weight is 292 g/mol. The molecule has 1 aromatic heterocycles. The second-order valence-corrected chi connectivity index (χ2v) is 7.18. The highest BCUT2D eigenvalue weighted by atomic mass is 16.1. The molecule has 2 heterocycles. The van der Waals surface area contributed by atoms with Crippen LogP contribution in [0, 0.1) is 0 Å². The van der Waals surface area contributed by atoms with Gasteiger partial charge in [-0.05, 0) is 47.5 Å². The Morgan fingerprint density at radius 3 is 2.76 bits per heavy atom. The number of aromatic nitrogens is 2. The van der Waals surface area contributed by atoms with Gasteiger partial charge in [-0.1, -0.05) is 0 Å². The van der Waals surface area contributed by atoms with Gasteiger partial charge in [-0.25, -0.2) is 4.98 Å². The zero-order valence-electron chi connectivity index (χ0n) is 13.9. The van der Waals surface area contributed by atoms with Gasteiger partial charge in [0.25, 0.3) is 5.56 Å². The van der Waals surface area contributed by atoms with Crippen molar-refractivity contribution in [1.82, 2.24) is 14.9 Å². The van der Waals surface area contributed by atoms with Crippen molar-refractivity contribution >= 4 is 5.82 Å². The molecule has 1 unspecified atom stereocenters. The molecule has 0 spiro atoms. The molecular formula is C16H28N4O. The first-order valence-corrected chi connectivity index (χ1v) is 7.88. The Balaban J connectivity index is 2.20. The molecule has 2 rings (SSSR count). The predicted octanol–water partition coefficient (Wildman–Crippen LogP) is 2.18. The SMILES string of the molecule is CC(C)n1ccnc(N2CCCC2CNC(C)(C)C)c1=O. The Morgan fingerprint density at radius 2 is 2.14 bits per heavy atom. The molecule has 1 atom stereocenters. The average Bonchev–Trinajstić information content (AvgIpc) is 2.83. The van der Waals surface area contributed by atoms with Crippen LogP contribution in [0.25, 0.3) is 0 Å². The molecule has 1 saturated heterocycles. The lowest BCUT2D eigenvalue weighted by molar-refractivity contribution is 0.404. The summed E-state index contributed by atoms with van der Waals surface area (Å²) in [4.78, 5) is 19.1. The third-order valence-corrected chi connectivity index (χ3v) is 3.92. The van der Waals surface area contributed by atoms with E-state index in [4.69, 9.17) is 0 Å². The lowest BCUT2D eigenvalue weighted by atomic mass is 10.1. The van der Waals surface area contributed by atoms with E-state index in [2.05, 4.69) is 36.0 Å². The summed E-state index contributed by atoms with van der Waals surface area (Å²) in [5.41, 5.74) is 0.117. The summed E-state index contributed by atoms with van der Waals surface area (Å²) in [6, 6.07) is 0.514. The van der Waals surface area contributed by atoms with E-state index < -0.39 is 0 Å². The summed E-state index contributed by atoms with van der Waals surface area (Å²) < 4.78 is 1.76. The largest absolute Gasteiger partial charge is 0.348 e. The fraction of sp³-hybridized carbons (Fsp3) is 0.750. The van der Waals surface area contributed by atoms with Gasteiger partial charge < -0.3 is 14.8 Å². The minimum absolute atomic E-state index is 0.0233. The van der Waals surface area contributed by atoms with E-state index in [9.17, 15) is 4.79 Å². The fourth-order valence-corrected chi connectivity index (χ4v) is 2.77. The Hall–Kier alpha value is -1.36. The van der Waals surface area contributed by atoms with Crippen LogP contribution in [0.5, 0.6) is 0 Å². The number of hydrogen-bond acceptors (Lipinski definition) is 4. The van der Waals surface area contributed by atoms with Gasteiger partial charge in [-0.15, -0.1) is 0 Å². The van der Waals surface area contributed by atoms with E-state index in [1.165, 1.54) is 0 Å². The summed E-state index contributed by atoms with van der Waals surface area (Å²) in [6.45, 7) is 12.3. The van der Waals surface area contributed by atoms with Crippen LogP contribution in [0.15, 0.2) is 17.2 Å². The number of nitrogens with zero attached hydrogens (tertiary/aromatic N) is 3. The minimum Gasteiger partial charge on any atom is -0.348 e. The van der Waals surface area contributed by atoms with Gasteiger partial charge >= 0.3 is 0 Å². The monoisotopic (exact) mass is 292 g/mol. The molecule has 0 amide bonds. The number of nitrogens with one attached hydrogen (secondary N) is 1. The second kappa shape index (κ2) is 6.18. The van der Waals surface area contributed by atoms with Gasteiger partial charge in [0.05, 0.1) is 0 Å². The van der Waals surface area contributed by atoms with E-state index in [1.807, 2.05) is 13.8 Å². The van der Waals surface area contributed by atoms with Crippen molar-refractivity contribution < 1.29 is 0 Å². The minimum atomic E-state index is 0.0233. The third kappa shape index (κ3) is 3.84. The first-order chi connectivity index (χ1) is 9.79. The first-order valence-electron chi connectivity index (χ1n) is 7.88. The highest BCUT2D eigenvalue weighted by Crippen LogP contribution is 2.21. The normalized spacial score (nSPS) is 19.5. The maximum Gasteiger partial charge on any atom is 0.293 e. The molecule has 0 bridgehead atoms. The molecule has 0 aliphatic carbocycles. The second-order valence-electron chi connectivity index (χ2n) is 7.18. The van der Waals surface area contributed by atoms with Crippen LogP contribution in [-0.2, 0) is 0 Å². The van der Waals surface area contributed by atoms with Crippen LogP contribution in [-0.4, -0.2) is 34.2 Å². The van der Waals surface area contributed by atoms with Crippen LogP contribution >= 0.6 is 0 Å². The maximum absolute atomic E-state index is 12.6. The molecule has 1 aliphatic rings. The van der Waals surface area contributed by atoms with Crippen LogP contribution in [0.2, 0.25) is 0 Å². The van der Waals surface area contributed by atoms with Crippen molar-refractivity contribution in [3.63, 3.8) is 0 Å².